The first kappa shape index (κ1) is 19.2. The Labute approximate surface area is 164 Å². The fourth-order valence-electron chi connectivity index (χ4n) is 2.35. The second kappa shape index (κ2) is 8.92. The van der Waals surface area contributed by atoms with E-state index in [4.69, 9.17) is 4.74 Å². The van der Waals surface area contributed by atoms with Crippen LogP contribution in [0.1, 0.15) is 20.8 Å². The van der Waals surface area contributed by atoms with Crippen LogP contribution in [0.15, 0.2) is 60.0 Å². The van der Waals surface area contributed by atoms with Crippen molar-refractivity contribution in [2.45, 2.75) is 0 Å². The lowest BCUT2D eigenvalue weighted by Gasteiger charge is -2.09. The third kappa shape index (κ3) is 4.60. The van der Waals surface area contributed by atoms with Crippen molar-refractivity contribution < 1.29 is 23.9 Å². The second-order valence-corrected chi connectivity index (χ2v) is 6.42. The third-order valence-electron chi connectivity index (χ3n) is 3.67. The van der Waals surface area contributed by atoms with E-state index in [9.17, 15) is 14.4 Å². The number of nitrogens with zero attached hydrogens (tertiary/aromatic N) is 1. The summed E-state index contributed by atoms with van der Waals surface area (Å²) in [7, 11) is 1.25. The van der Waals surface area contributed by atoms with Gasteiger partial charge in [-0.1, -0.05) is 42.5 Å². The number of methoxy groups -OCH3 is 1. The van der Waals surface area contributed by atoms with E-state index in [1.807, 2.05) is 30.3 Å². The molecule has 1 heterocycles. The number of carbonyl (C=O) groups is 3. The fraction of sp³-hybridized carbons (Fsp3) is 0.100. The molecule has 0 atom stereocenters. The van der Waals surface area contributed by atoms with Gasteiger partial charge in [-0.2, -0.15) is 0 Å². The number of para-hydroxylation sites is 1. The average molecular weight is 396 g/mol. The summed E-state index contributed by atoms with van der Waals surface area (Å²) in [6, 6.07) is 15.8. The minimum Gasteiger partial charge on any atom is -0.465 e. The predicted octanol–water partition coefficient (Wildman–Crippen LogP) is 3.39. The van der Waals surface area contributed by atoms with Crippen LogP contribution in [-0.2, 0) is 14.3 Å². The number of anilines is 1. The zero-order valence-corrected chi connectivity index (χ0v) is 15.7. The largest absolute Gasteiger partial charge is 0.465 e. The lowest BCUT2D eigenvalue weighted by molar-refractivity contribution is -0.119. The number of hydrogen-bond donors (Lipinski definition) is 1. The molecule has 0 saturated carbocycles. The number of carbonyl (C=O) groups excluding carboxylic acids is 3. The number of hydrogen-bond acceptors (Lipinski definition) is 7. The molecule has 1 aromatic heterocycles. The maximum atomic E-state index is 12.1. The molecule has 0 bridgehead atoms. The lowest BCUT2D eigenvalue weighted by atomic mass is 10.2. The molecule has 142 valence electrons. The Hall–Kier alpha value is -3.52. The molecule has 0 saturated heterocycles. The van der Waals surface area contributed by atoms with Crippen LogP contribution in [0.2, 0.25) is 0 Å². The number of aromatic nitrogens is 1. The van der Waals surface area contributed by atoms with Gasteiger partial charge in [0.05, 0.1) is 18.4 Å². The number of thiazole rings is 1. The Bertz CT molecular complexity index is 1000. The number of amides is 1. The lowest BCUT2D eigenvalue weighted by Crippen LogP contribution is -2.22. The first-order chi connectivity index (χ1) is 13.6. The monoisotopic (exact) mass is 396 g/mol. The van der Waals surface area contributed by atoms with Crippen LogP contribution < -0.4 is 5.32 Å². The molecule has 8 heteroatoms. The van der Waals surface area contributed by atoms with E-state index in [0.29, 0.717) is 5.01 Å². The molecular formula is C20H16N2O5S. The van der Waals surface area contributed by atoms with Crippen LogP contribution in [-0.4, -0.2) is 36.5 Å². The highest BCUT2D eigenvalue weighted by molar-refractivity contribution is 7.13. The zero-order chi connectivity index (χ0) is 19.9. The van der Waals surface area contributed by atoms with E-state index in [2.05, 4.69) is 15.0 Å². The summed E-state index contributed by atoms with van der Waals surface area (Å²) in [6.45, 7) is -0.507. The van der Waals surface area contributed by atoms with Crippen LogP contribution >= 0.6 is 11.3 Å². The van der Waals surface area contributed by atoms with Crippen molar-refractivity contribution in [3.05, 3.63) is 71.2 Å². The van der Waals surface area contributed by atoms with Crippen LogP contribution in [0, 0.1) is 0 Å². The number of esters is 2. The number of rotatable bonds is 6. The van der Waals surface area contributed by atoms with Gasteiger partial charge in [0.15, 0.2) is 12.3 Å². The van der Waals surface area contributed by atoms with Gasteiger partial charge >= 0.3 is 11.9 Å². The van der Waals surface area contributed by atoms with E-state index >= 15 is 0 Å². The summed E-state index contributed by atoms with van der Waals surface area (Å²) < 4.78 is 9.69. The Kier molecular flexibility index (Phi) is 6.13. The highest BCUT2D eigenvalue weighted by atomic mass is 32.1. The maximum absolute atomic E-state index is 12.1. The van der Waals surface area contributed by atoms with E-state index in [1.165, 1.54) is 24.5 Å². The van der Waals surface area contributed by atoms with Crippen LogP contribution in [0.4, 0.5) is 5.69 Å². The Morgan fingerprint density at radius 1 is 1.00 bits per heavy atom. The topological polar surface area (TPSA) is 94.6 Å². The quantitative estimate of drug-likeness (QED) is 0.642. The van der Waals surface area contributed by atoms with Gasteiger partial charge in [0.25, 0.3) is 5.91 Å². The molecule has 0 aliphatic carbocycles. The summed E-state index contributed by atoms with van der Waals surface area (Å²) in [4.78, 5) is 40.2. The fourth-order valence-corrected chi connectivity index (χ4v) is 3.15. The molecule has 1 N–H and O–H groups in total. The van der Waals surface area contributed by atoms with Crippen LogP contribution in [0.3, 0.4) is 0 Å². The van der Waals surface area contributed by atoms with Gasteiger partial charge in [0.2, 0.25) is 0 Å². The van der Waals surface area contributed by atoms with Gasteiger partial charge in [-0.3, -0.25) is 4.79 Å². The van der Waals surface area contributed by atoms with Gasteiger partial charge in [0.1, 0.15) is 5.01 Å². The molecule has 3 aromatic rings. The highest BCUT2D eigenvalue weighted by Crippen LogP contribution is 2.23. The summed E-state index contributed by atoms with van der Waals surface area (Å²) in [5.74, 6) is -1.86. The molecule has 0 unspecified atom stereocenters. The molecule has 0 spiro atoms. The molecule has 2 aromatic carbocycles. The predicted molar refractivity (Wildman–Crippen MR) is 104 cm³/mol. The van der Waals surface area contributed by atoms with Crippen LogP contribution in [0.5, 0.6) is 0 Å². The van der Waals surface area contributed by atoms with E-state index in [0.717, 1.165) is 5.56 Å². The number of nitrogens with one attached hydrogen (secondary N) is 1. The number of benzene rings is 2. The van der Waals surface area contributed by atoms with E-state index in [-0.39, 0.29) is 16.9 Å². The normalized spacial score (nSPS) is 10.2. The van der Waals surface area contributed by atoms with E-state index < -0.39 is 24.5 Å². The molecule has 28 heavy (non-hydrogen) atoms. The third-order valence-corrected chi connectivity index (χ3v) is 4.57. The SMILES string of the molecule is COC(=O)c1ccccc1NC(=O)COC(=O)c1csc(-c2ccccc2)n1. The number of ether oxygens (including phenoxy) is 2. The van der Waals surface area contributed by atoms with Gasteiger partial charge in [0, 0.05) is 10.9 Å². The zero-order valence-electron chi connectivity index (χ0n) is 14.9. The Morgan fingerprint density at radius 3 is 2.46 bits per heavy atom. The molecule has 7 nitrogen and oxygen atoms in total. The van der Waals surface area contributed by atoms with Crippen molar-refractivity contribution >= 4 is 34.9 Å². The van der Waals surface area contributed by atoms with Crippen LogP contribution in [0.25, 0.3) is 10.6 Å². The maximum Gasteiger partial charge on any atom is 0.358 e. The van der Waals surface area contributed by atoms with Crippen molar-refractivity contribution in [3.8, 4) is 10.6 Å². The van der Waals surface area contributed by atoms with Crippen molar-refractivity contribution in [2.24, 2.45) is 0 Å². The molecule has 0 fully saturated rings. The molecular weight excluding hydrogens is 380 g/mol. The molecule has 3 rings (SSSR count). The standard InChI is InChI=1S/C20H16N2O5S/c1-26-19(24)14-9-5-6-10-15(14)21-17(23)11-27-20(25)16-12-28-18(22-16)13-7-3-2-4-8-13/h2-10,12H,11H2,1H3,(H,21,23). The van der Waals surface area contributed by atoms with Crippen molar-refractivity contribution in [3.63, 3.8) is 0 Å². The van der Waals surface area contributed by atoms with Crippen molar-refractivity contribution in [1.29, 1.82) is 0 Å². The average Bonchev–Trinajstić information content (AvgIpc) is 3.23. The highest BCUT2D eigenvalue weighted by Gasteiger charge is 2.17. The van der Waals surface area contributed by atoms with Gasteiger partial charge < -0.3 is 14.8 Å². The second-order valence-electron chi connectivity index (χ2n) is 5.57. The summed E-state index contributed by atoms with van der Waals surface area (Å²) in [5.41, 5.74) is 1.50. The van der Waals surface area contributed by atoms with E-state index in [1.54, 1.807) is 23.6 Å². The van der Waals surface area contributed by atoms with Gasteiger partial charge in [-0.15, -0.1) is 11.3 Å². The van der Waals surface area contributed by atoms with Crippen molar-refractivity contribution in [1.82, 2.24) is 4.98 Å². The first-order valence-electron chi connectivity index (χ1n) is 8.23. The Morgan fingerprint density at radius 2 is 1.71 bits per heavy atom. The first-order valence-corrected chi connectivity index (χ1v) is 9.11. The van der Waals surface area contributed by atoms with Gasteiger partial charge in [-0.25, -0.2) is 14.6 Å². The summed E-state index contributed by atoms with van der Waals surface area (Å²) >= 11 is 1.31. The molecule has 0 radical (unpaired) electrons. The molecule has 0 aliphatic rings. The minimum absolute atomic E-state index is 0.131. The van der Waals surface area contributed by atoms with Gasteiger partial charge in [-0.05, 0) is 12.1 Å². The summed E-state index contributed by atoms with van der Waals surface area (Å²) in [6.07, 6.45) is 0. The van der Waals surface area contributed by atoms with Crippen molar-refractivity contribution in [2.75, 3.05) is 19.0 Å². The minimum atomic E-state index is -0.699. The smallest absolute Gasteiger partial charge is 0.358 e. The molecule has 0 aliphatic heterocycles. The Balaban J connectivity index is 1.59. The summed E-state index contributed by atoms with van der Waals surface area (Å²) in [5, 5.41) is 4.79. The molecule has 1 amide bonds.